The van der Waals surface area contributed by atoms with E-state index in [2.05, 4.69) is 246 Å². The molecule has 8 aromatic carbocycles. The summed E-state index contributed by atoms with van der Waals surface area (Å²) < 4.78 is 5.28. The van der Waals surface area contributed by atoms with Gasteiger partial charge in [0.2, 0.25) is 0 Å². The number of hydrogen-bond donors (Lipinski definition) is 0. The van der Waals surface area contributed by atoms with Crippen LogP contribution in [0.5, 0.6) is 0 Å². The van der Waals surface area contributed by atoms with Crippen molar-refractivity contribution in [3.8, 4) is 33.9 Å². The zero-order chi connectivity index (χ0) is 48.7. The Kier molecular flexibility index (Phi) is 11.8. The van der Waals surface area contributed by atoms with Gasteiger partial charge in [-0.2, -0.15) is 9.13 Å². The maximum atomic E-state index is 2.64. The molecular weight excluding hydrogens is 833 g/mol. The van der Waals surface area contributed by atoms with Crippen molar-refractivity contribution < 1.29 is 4.57 Å². The van der Waals surface area contributed by atoms with Gasteiger partial charge in [0.15, 0.2) is 11.4 Å². The Bertz CT molecular complexity index is 3060. The number of benzene rings is 8. The molecule has 1 aliphatic rings. The molecule has 2 heteroatoms. The van der Waals surface area contributed by atoms with Crippen LogP contribution in [0.2, 0.25) is 0 Å². The van der Waals surface area contributed by atoms with Gasteiger partial charge in [-0.1, -0.05) is 205 Å². The highest BCUT2D eigenvalue weighted by Gasteiger charge is 2.40. The van der Waals surface area contributed by atoms with Crippen LogP contribution in [0.25, 0.3) is 44.7 Å². The van der Waals surface area contributed by atoms with Crippen molar-refractivity contribution in [1.29, 1.82) is 0 Å². The van der Waals surface area contributed by atoms with Crippen LogP contribution >= 0.6 is 0 Å². The molecule has 9 aromatic rings. The molecule has 0 saturated carbocycles. The highest BCUT2D eigenvalue weighted by Crippen LogP contribution is 2.50. The Morgan fingerprint density at radius 3 is 1.06 bits per heavy atom. The van der Waals surface area contributed by atoms with Crippen molar-refractivity contribution >= 4 is 10.8 Å². The monoisotopic (exact) mass is 902 g/mol. The fourth-order valence-corrected chi connectivity index (χ4v) is 12.4. The average Bonchev–Trinajstić information content (AvgIpc) is 3.83. The van der Waals surface area contributed by atoms with Crippen LogP contribution in [0.15, 0.2) is 140 Å². The van der Waals surface area contributed by atoms with Gasteiger partial charge in [-0.3, -0.25) is 0 Å². The summed E-state index contributed by atoms with van der Waals surface area (Å²) in [7, 11) is 0. The van der Waals surface area contributed by atoms with Crippen LogP contribution in [-0.4, -0.2) is 4.57 Å². The summed E-state index contributed by atoms with van der Waals surface area (Å²) in [5.74, 6) is 0.479. The van der Waals surface area contributed by atoms with Gasteiger partial charge in [-0.05, 0) is 109 Å². The molecule has 0 bridgehead atoms. The van der Waals surface area contributed by atoms with Crippen molar-refractivity contribution in [3.63, 3.8) is 0 Å². The molecular formula is C67H69N2+. The maximum Gasteiger partial charge on any atom is 0.255 e. The second-order valence-corrected chi connectivity index (χ2v) is 21.4. The fourth-order valence-electron chi connectivity index (χ4n) is 12.4. The van der Waals surface area contributed by atoms with Crippen molar-refractivity contribution in [1.82, 2.24) is 4.57 Å². The van der Waals surface area contributed by atoms with Crippen molar-refractivity contribution in [2.45, 2.75) is 121 Å². The lowest BCUT2D eigenvalue weighted by Gasteiger charge is -2.24. The second kappa shape index (κ2) is 17.6. The standard InChI is InChI=1S/C67H69N2/c1-38-21-39(2)26-53(25-38)48(11)59-33-46(9)34-60(49(12)54-27-40(3)22-41(4)28-54)64(59)68-37-69(67-58-20-16-18-52-17-15-19-57(63(52)58)66(67)68)65-61(50(13)55-29-42(5)23-43(6)30-55)35-47(10)36-62(65)51(14)56-31-44(7)24-45(8)32-56/h15-37,48-51H,1-14H3/q+1. The summed E-state index contributed by atoms with van der Waals surface area (Å²) in [6.07, 6.45) is 2.50. The van der Waals surface area contributed by atoms with Gasteiger partial charge in [-0.25, -0.2) is 0 Å². The Morgan fingerprint density at radius 2 is 0.681 bits per heavy atom. The highest BCUT2D eigenvalue weighted by atomic mass is 15.2. The smallest absolute Gasteiger partial charge is 0.193 e. The topological polar surface area (TPSA) is 8.81 Å². The Hall–Kier alpha value is -6.77. The van der Waals surface area contributed by atoms with Gasteiger partial charge in [0.05, 0.1) is 0 Å². The van der Waals surface area contributed by atoms with E-state index in [1.54, 1.807) is 0 Å². The third-order valence-corrected chi connectivity index (χ3v) is 15.3. The number of aryl methyl sites for hydroxylation is 10. The van der Waals surface area contributed by atoms with Gasteiger partial charge >= 0.3 is 0 Å². The third-order valence-electron chi connectivity index (χ3n) is 15.3. The Morgan fingerprint density at radius 1 is 0.362 bits per heavy atom. The molecule has 0 amide bonds. The molecule has 0 N–H and O–H groups in total. The lowest BCUT2D eigenvalue weighted by atomic mass is 9.82. The summed E-state index contributed by atoms with van der Waals surface area (Å²) in [6.45, 7) is 32.2. The fraction of sp³-hybridized carbons (Fsp3) is 0.269. The van der Waals surface area contributed by atoms with Crippen LogP contribution in [-0.2, 0) is 0 Å². The summed E-state index contributed by atoms with van der Waals surface area (Å²) >= 11 is 0. The molecule has 10 rings (SSSR count). The molecule has 69 heavy (non-hydrogen) atoms. The van der Waals surface area contributed by atoms with Crippen molar-refractivity contribution in [2.24, 2.45) is 0 Å². The number of nitrogens with zero attached hydrogens (tertiary/aromatic N) is 2. The quantitative estimate of drug-likeness (QED) is 0.121. The van der Waals surface area contributed by atoms with Gasteiger partial charge in [-0.15, -0.1) is 0 Å². The van der Waals surface area contributed by atoms with E-state index in [0.717, 1.165) is 0 Å². The van der Waals surface area contributed by atoms with E-state index in [0.29, 0.717) is 0 Å². The van der Waals surface area contributed by atoms with E-state index in [1.165, 1.54) is 145 Å². The first-order valence-electron chi connectivity index (χ1n) is 25.3. The Labute approximate surface area is 412 Å². The summed E-state index contributed by atoms with van der Waals surface area (Å²) in [6, 6.07) is 52.3. The molecule has 0 radical (unpaired) electrons. The van der Waals surface area contributed by atoms with Crippen LogP contribution in [0, 0.1) is 69.2 Å². The van der Waals surface area contributed by atoms with Crippen molar-refractivity contribution in [3.05, 3.63) is 240 Å². The molecule has 0 fully saturated rings. The molecule has 0 aliphatic heterocycles. The van der Waals surface area contributed by atoms with E-state index >= 15 is 0 Å². The number of hydrogen-bond acceptors (Lipinski definition) is 0. The predicted octanol–water partition coefficient (Wildman–Crippen LogP) is 17.2. The third kappa shape index (κ3) is 8.26. The molecule has 346 valence electrons. The predicted molar refractivity (Wildman–Crippen MR) is 292 cm³/mol. The van der Waals surface area contributed by atoms with Gasteiger partial charge in [0.25, 0.3) is 6.33 Å². The molecule has 2 nitrogen and oxygen atoms in total. The largest absolute Gasteiger partial charge is 0.255 e. The minimum absolute atomic E-state index is 0.120. The highest BCUT2D eigenvalue weighted by molar-refractivity contribution is 6.13. The van der Waals surface area contributed by atoms with E-state index in [9.17, 15) is 0 Å². The first kappa shape index (κ1) is 46.0. The lowest BCUT2D eigenvalue weighted by Crippen LogP contribution is -2.35. The van der Waals surface area contributed by atoms with E-state index in [4.69, 9.17) is 0 Å². The lowest BCUT2D eigenvalue weighted by molar-refractivity contribution is -0.584. The molecule has 0 spiro atoms. The summed E-state index contributed by atoms with van der Waals surface area (Å²) in [4.78, 5) is 0. The maximum absolute atomic E-state index is 2.64. The van der Waals surface area contributed by atoms with Crippen LogP contribution < -0.4 is 4.57 Å². The van der Waals surface area contributed by atoms with Gasteiger partial charge < -0.3 is 0 Å². The SMILES string of the molecule is Cc1cc(C)cc(C(C)c2cc(C)cc(C(C)c3cc(C)cc(C)c3)c2-n2c[n+](-c3c(C(C)c4cc(C)cc(C)c4)cc(C)cc3C(C)c3cc(C)cc(C)c3)c3c2-c2cccc4cccc-3c24)c1. The minimum Gasteiger partial charge on any atom is -0.193 e. The summed E-state index contributed by atoms with van der Waals surface area (Å²) in [5.41, 5.74) is 31.3. The number of aromatic nitrogens is 2. The summed E-state index contributed by atoms with van der Waals surface area (Å²) in [5, 5.41) is 2.60. The first-order chi connectivity index (χ1) is 32.9. The molecule has 4 atom stereocenters. The zero-order valence-corrected chi connectivity index (χ0v) is 43.5. The zero-order valence-electron chi connectivity index (χ0n) is 43.5. The van der Waals surface area contributed by atoms with E-state index < -0.39 is 0 Å². The molecule has 1 heterocycles. The molecule has 4 unspecified atom stereocenters. The van der Waals surface area contributed by atoms with Gasteiger partial charge in [0, 0.05) is 62.4 Å². The van der Waals surface area contributed by atoms with E-state index in [1.807, 2.05) is 0 Å². The molecule has 0 saturated heterocycles. The van der Waals surface area contributed by atoms with Gasteiger partial charge in [0.1, 0.15) is 11.4 Å². The average molecular weight is 902 g/mol. The van der Waals surface area contributed by atoms with Crippen LogP contribution in [0.1, 0.15) is 152 Å². The molecule has 1 aliphatic carbocycles. The second-order valence-electron chi connectivity index (χ2n) is 21.4. The minimum atomic E-state index is 0.120. The first-order valence-corrected chi connectivity index (χ1v) is 25.3. The van der Waals surface area contributed by atoms with Crippen LogP contribution in [0.4, 0.5) is 0 Å². The number of fused-ring (bicyclic) bond motifs is 3. The van der Waals surface area contributed by atoms with E-state index in [-0.39, 0.29) is 23.7 Å². The Balaban J connectivity index is 1.36. The van der Waals surface area contributed by atoms with Crippen molar-refractivity contribution in [2.75, 3.05) is 0 Å². The van der Waals surface area contributed by atoms with Crippen LogP contribution in [0.3, 0.4) is 0 Å². The normalized spacial score (nSPS) is 13.7. The molecule has 1 aromatic heterocycles. The number of rotatable bonds is 10. The number of imidazole rings is 1.